The Morgan fingerprint density at radius 3 is 2.26 bits per heavy atom. The lowest BCUT2D eigenvalue weighted by Gasteiger charge is -2.34. The normalized spacial score (nSPS) is 15.6. The Morgan fingerprint density at radius 2 is 1.67 bits per heavy atom. The summed E-state index contributed by atoms with van der Waals surface area (Å²) in [4.78, 5) is 13.5. The smallest absolute Gasteiger partial charge is 0.243 e. The summed E-state index contributed by atoms with van der Waals surface area (Å²) in [7, 11) is -2.10. The van der Waals surface area contributed by atoms with Crippen LogP contribution in [0.25, 0.3) is 11.1 Å². The summed E-state index contributed by atoms with van der Waals surface area (Å²) >= 11 is 5.59. The van der Waals surface area contributed by atoms with Crippen molar-refractivity contribution >= 4 is 27.5 Å². The lowest BCUT2D eigenvalue weighted by molar-refractivity contribution is -0.129. The number of hydrogen-bond acceptors (Lipinski definition) is 4. The molecule has 0 bridgehead atoms. The average molecular weight is 409 g/mol. The zero-order chi connectivity index (χ0) is 19.4. The Morgan fingerprint density at radius 1 is 1.04 bits per heavy atom. The van der Waals surface area contributed by atoms with Gasteiger partial charge in [-0.2, -0.15) is 4.31 Å². The molecular weight excluding hydrogens is 388 g/mol. The summed E-state index contributed by atoms with van der Waals surface area (Å²) in [6.45, 7) is 1.19. The van der Waals surface area contributed by atoms with Crippen molar-refractivity contribution in [1.29, 1.82) is 0 Å². The number of hydrogen-bond donors (Lipinski definition) is 0. The van der Waals surface area contributed by atoms with Gasteiger partial charge in [0, 0.05) is 31.7 Å². The van der Waals surface area contributed by atoms with E-state index in [9.17, 15) is 13.2 Å². The van der Waals surface area contributed by atoms with E-state index in [0.29, 0.717) is 24.4 Å². The number of halogens is 1. The molecule has 0 unspecified atom stereocenters. The molecule has 1 heterocycles. The van der Waals surface area contributed by atoms with E-state index in [2.05, 4.69) is 0 Å². The van der Waals surface area contributed by atoms with Crippen molar-refractivity contribution < 1.29 is 17.9 Å². The molecule has 0 radical (unpaired) electrons. The van der Waals surface area contributed by atoms with Crippen molar-refractivity contribution in [2.24, 2.45) is 0 Å². The molecule has 6 nitrogen and oxygen atoms in total. The lowest BCUT2D eigenvalue weighted by Crippen LogP contribution is -2.50. The van der Waals surface area contributed by atoms with E-state index in [-0.39, 0.29) is 29.8 Å². The third kappa shape index (κ3) is 4.10. The van der Waals surface area contributed by atoms with Crippen molar-refractivity contribution in [3.05, 3.63) is 48.5 Å². The van der Waals surface area contributed by atoms with E-state index in [0.717, 1.165) is 5.56 Å². The van der Waals surface area contributed by atoms with Crippen molar-refractivity contribution in [1.82, 2.24) is 9.21 Å². The van der Waals surface area contributed by atoms with Gasteiger partial charge in [0.15, 0.2) is 0 Å². The van der Waals surface area contributed by atoms with Crippen molar-refractivity contribution in [2.45, 2.75) is 4.90 Å². The van der Waals surface area contributed by atoms with E-state index >= 15 is 0 Å². The van der Waals surface area contributed by atoms with Crippen LogP contribution < -0.4 is 4.74 Å². The molecule has 0 saturated carbocycles. The minimum Gasteiger partial charge on any atom is -0.497 e. The van der Waals surface area contributed by atoms with Gasteiger partial charge in [0.25, 0.3) is 0 Å². The molecule has 1 saturated heterocycles. The van der Waals surface area contributed by atoms with Crippen molar-refractivity contribution in [3.63, 3.8) is 0 Å². The molecule has 8 heteroatoms. The molecule has 1 aliphatic rings. The van der Waals surface area contributed by atoms with Gasteiger partial charge in [-0.25, -0.2) is 8.42 Å². The first kappa shape index (κ1) is 19.7. The Balaban J connectivity index is 1.88. The highest BCUT2D eigenvalue weighted by atomic mass is 35.5. The first-order valence-corrected chi connectivity index (χ1v) is 10.5. The van der Waals surface area contributed by atoms with Crippen LogP contribution in [0, 0.1) is 0 Å². The third-order valence-corrected chi connectivity index (χ3v) is 6.80. The van der Waals surface area contributed by atoms with Crippen LogP contribution >= 0.6 is 11.6 Å². The van der Waals surface area contributed by atoms with Crippen LogP contribution in [-0.2, 0) is 14.8 Å². The molecule has 0 N–H and O–H groups in total. The van der Waals surface area contributed by atoms with Crippen LogP contribution in [-0.4, -0.2) is 62.7 Å². The molecule has 1 aliphatic heterocycles. The molecule has 0 atom stereocenters. The minimum absolute atomic E-state index is 0.0902. The summed E-state index contributed by atoms with van der Waals surface area (Å²) < 4.78 is 33.0. The molecule has 27 heavy (non-hydrogen) atoms. The highest BCUT2D eigenvalue weighted by molar-refractivity contribution is 7.89. The number of methoxy groups -OCH3 is 1. The van der Waals surface area contributed by atoms with Crippen molar-refractivity contribution in [3.8, 4) is 16.9 Å². The number of piperazine rings is 1. The zero-order valence-corrected chi connectivity index (χ0v) is 16.5. The largest absolute Gasteiger partial charge is 0.497 e. The van der Waals surface area contributed by atoms with Crippen LogP contribution in [0.5, 0.6) is 5.75 Å². The second-order valence-electron chi connectivity index (χ2n) is 6.14. The molecule has 1 fully saturated rings. The molecule has 2 aromatic carbocycles. The van der Waals surface area contributed by atoms with E-state index in [1.165, 1.54) is 4.31 Å². The van der Waals surface area contributed by atoms with Crippen LogP contribution in [0.4, 0.5) is 0 Å². The second kappa shape index (κ2) is 8.29. The number of ether oxygens (including phenoxy) is 1. The van der Waals surface area contributed by atoms with Gasteiger partial charge in [-0.05, 0) is 23.8 Å². The second-order valence-corrected chi connectivity index (χ2v) is 8.32. The Kier molecular flexibility index (Phi) is 6.04. The van der Waals surface area contributed by atoms with Crippen LogP contribution in [0.15, 0.2) is 53.4 Å². The molecule has 0 aromatic heterocycles. The quantitative estimate of drug-likeness (QED) is 0.712. The number of rotatable bonds is 5. The number of benzene rings is 2. The van der Waals surface area contributed by atoms with Crippen molar-refractivity contribution in [2.75, 3.05) is 39.2 Å². The van der Waals surface area contributed by atoms with Gasteiger partial charge in [0.2, 0.25) is 15.9 Å². The fourth-order valence-electron chi connectivity index (χ4n) is 3.10. The third-order valence-electron chi connectivity index (χ3n) is 4.61. The Bertz CT molecular complexity index is 908. The molecule has 0 aliphatic carbocycles. The molecular formula is C19H21ClN2O4S. The fraction of sp³-hybridized carbons (Fsp3) is 0.316. The van der Waals surface area contributed by atoms with Gasteiger partial charge in [0.05, 0.1) is 12.0 Å². The molecule has 144 valence electrons. The van der Waals surface area contributed by atoms with E-state index in [1.807, 2.05) is 18.2 Å². The van der Waals surface area contributed by atoms with Crippen LogP contribution in [0.3, 0.4) is 0 Å². The number of carbonyl (C=O) groups excluding carboxylic acids is 1. The number of amides is 1. The highest BCUT2D eigenvalue weighted by Gasteiger charge is 2.31. The first-order valence-electron chi connectivity index (χ1n) is 8.54. The maximum Gasteiger partial charge on any atom is 0.243 e. The van der Waals surface area contributed by atoms with Gasteiger partial charge in [-0.3, -0.25) is 4.79 Å². The SMILES string of the molecule is COc1ccc(-c2ccccc2S(=O)(=O)N2CCN(C(=O)CCl)CC2)cc1. The first-order chi connectivity index (χ1) is 13.0. The van der Waals surface area contributed by atoms with E-state index in [4.69, 9.17) is 16.3 Å². The topological polar surface area (TPSA) is 66.9 Å². The number of alkyl halides is 1. The summed E-state index contributed by atoms with van der Waals surface area (Å²) in [5, 5.41) is 0. The highest BCUT2D eigenvalue weighted by Crippen LogP contribution is 2.31. The summed E-state index contributed by atoms with van der Waals surface area (Å²) in [5.41, 5.74) is 1.44. The van der Waals surface area contributed by atoms with E-state index in [1.54, 1.807) is 42.3 Å². The molecule has 3 rings (SSSR count). The Hall–Kier alpha value is -2.09. The summed E-state index contributed by atoms with van der Waals surface area (Å²) in [6.07, 6.45) is 0. The molecule has 1 amide bonds. The molecule has 0 spiro atoms. The van der Waals surface area contributed by atoms with Gasteiger partial charge < -0.3 is 9.64 Å². The van der Waals surface area contributed by atoms with Crippen LogP contribution in [0.2, 0.25) is 0 Å². The lowest BCUT2D eigenvalue weighted by atomic mass is 10.1. The average Bonchev–Trinajstić information content (AvgIpc) is 2.73. The van der Waals surface area contributed by atoms with Crippen LogP contribution in [0.1, 0.15) is 0 Å². The predicted octanol–water partition coefficient (Wildman–Crippen LogP) is 2.43. The van der Waals surface area contributed by atoms with E-state index < -0.39 is 10.0 Å². The van der Waals surface area contributed by atoms with Gasteiger partial charge >= 0.3 is 0 Å². The minimum atomic E-state index is -3.68. The number of carbonyl (C=O) groups is 1. The molecule has 2 aromatic rings. The maximum absolute atomic E-state index is 13.2. The predicted molar refractivity (Wildman–Crippen MR) is 104 cm³/mol. The van der Waals surface area contributed by atoms with Gasteiger partial charge in [-0.15, -0.1) is 11.6 Å². The number of nitrogens with zero attached hydrogens (tertiary/aromatic N) is 2. The maximum atomic E-state index is 13.2. The van der Waals surface area contributed by atoms with Gasteiger partial charge in [0.1, 0.15) is 11.6 Å². The summed E-state index contributed by atoms with van der Waals surface area (Å²) in [5.74, 6) is 0.444. The summed E-state index contributed by atoms with van der Waals surface area (Å²) in [6, 6.07) is 14.2. The zero-order valence-electron chi connectivity index (χ0n) is 15.0. The standard InChI is InChI=1S/C19H21ClN2O4S/c1-26-16-8-6-15(7-9-16)17-4-2-3-5-18(17)27(24,25)22-12-10-21(11-13-22)19(23)14-20/h2-9H,10-14H2,1H3. The fourth-order valence-corrected chi connectivity index (χ4v) is 4.91. The number of sulfonamides is 1. The van der Waals surface area contributed by atoms with Gasteiger partial charge in [-0.1, -0.05) is 30.3 Å². The Labute approximate surface area is 164 Å². The monoisotopic (exact) mass is 408 g/mol.